The summed E-state index contributed by atoms with van der Waals surface area (Å²) >= 11 is 0. The average Bonchev–Trinajstić information content (AvgIpc) is 3.12. The van der Waals surface area contributed by atoms with Crippen molar-refractivity contribution in [3.05, 3.63) is 12.2 Å². The van der Waals surface area contributed by atoms with Crippen LogP contribution in [0, 0.1) is 0 Å². The zero-order valence-electron chi connectivity index (χ0n) is 36.5. The van der Waals surface area contributed by atoms with Crippen molar-refractivity contribution in [3.8, 4) is 0 Å². The Morgan fingerprint density at radius 2 is 0.981 bits per heavy atom. The highest BCUT2D eigenvalue weighted by Crippen LogP contribution is 2.43. The maximum atomic E-state index is 12.9. The van der Waals surface area contributed by atoms with Crippen LogP contribution in [0.4, 0.5) is 0 Å². The van der Waals surface area contributed by atoms with Crippen molar-refractivity contribution in [1.29, 1.82) is 0 Å². The topological polar surface area (TPSA) is 105 Å². The van der Waals surface area contributed by atoms with Gasteiger partial charge < -0.3 is 19.8 Å². The minimum absolute atomic E-state index is 0.0646. The largest absolute Gasteiger partial charge is 0.472 e. The van der Waals surface area contributed by atoms with Crippen molar-refractivity contribution in [1.82, 2.24) is 5.32 Å². The van der Waals surface area contributed by atoms with Crippen LogP contribution < -0.4 is 5.32 Å². The number of rotatable bonds is 42. The van der Waals surface area contributed by atoms with Crippen LogP contribution in [0.15, 0.2) is 12.2 Å². The van der Waals surface area contributed by atoms with E-state index in [1.807, 2.05) is 27.2 Å². The number of amides is 1. The van der Waals surface area contributed by atoms with Gasteiger partial charge >= 0.3 is 7.82 Å². The quantitative estimate of drug-likeness (QED) is 0.0246. The lowest BCUT2D eigenvalue weighted by Crippen LogP contribution is -2.45. The molecule has 0 aromatic heterocycles. The van der Waals surface area contributed by atoms with Gasteiger partial charge in [-0.2, -0.15) is 0 Å². The molecule has 8 nitrogen and oxygen atoms in total. The molecule has 0 radical (unpaired) electrons. The first-order chi connectivity index (χ1) is 26.0. The number of phosphoric ester groups is 1. The standard InChI is InChI=1S/C45H91N2O6P/c1-6-8-10-12-14-16-18-20-22-23-24-25-27-29-31-33-35-37-39-45(49)46-43(42-53-54(50,51)52-41-40-47(3,4)5)44(48)38-36-34-32-30-28-26-21-19-17-15-13-11-9-7-2/h36,38,43-44,48H,6-35,37,39-42H2,1-5H3,(H-,46,49,50,51)/p+1/b38-36+/t43-,44+/m0/s1. The second-order valence-electron chi connectivity index (χ2n) is 17.1. The summed E-state index contributed by atoms with van der Waals surface area (Å²) in [6.07, 6.45) is 42.7. The van der Waals surface area contributed by atoms with Gasteiger partial charge in [0.1, 0.15) is 13.2 Å². The van der Waals surface area contributed by atoms with Gasteiger partial charge in [0.15, 0.2) is 0 Å². The molecule has 3 N–H and O–H groups in total. The van der Waals surface area contributed by atoms with Crippen molar-refractivity contribution in [2.75, 3.05) is 40.9 Å². The number of carbonyl (C=O) groups is 1. The number of hydrogen-bond donors (Lipinski definition) is 3. The third kappa shape index (κ3) is 39.5. The molecule has 0 saturated heterocycles. The summed E-state index contributed by atoms with van der Waals surface area (Å²) in [5, 5.41) is 13.8. The van der Waals surface area contributed by atoms with Gasteiger partial charge in [-0.3, -0.25) is 13.8 Å². The number of unbranched alkanes of at least 4 members (excludes halogenated alkanes) is 29. The fourth-order valence-electron chi connectivity index (χ4n) is 6.81. The molecule has 3 atom stereocenters. The molecule has 0 heterocycles. The molecule has 0 aliphatic rings. The Labute approximate surface area is 335 Å². The number of aliphatic hydroxyl groups is 1. The molecule has 0 rings (SSSR count). The maximum Gasteiger partial charge on any atom is 0.472 e. The minimum atomic E-state index is -4.33. The van der Waals surface area contributed by atoms with E-state index in [-0.39, 0.29) is 19.1 Å². The number of allylic oxidation sites excluding steroid dienone is 1. The van der Waals surface area contributed by atoms with Crippen LogP contribution in [0.2, 0.25) is 0 Å². The van der Waals surface area contributed by atoms with Gasteiger partial charge in [0.05, 0.1) is 39.9 Å². The number of phosphoric acid groups is 1. The Bertz CT molecular complexity index is 896. The highest BCUT2D eigenvalue weighted by Gasteiger charge is 2.27. The summed E-state index contributed by atoms with van der Waals surface area (Å²) in [5.41, 5.74) is 0. The highest BCUT2D eigenvalue weighted by molar-refractivity contribution is 7.47. The first-order valence-electron chi connectivity index (χ1n) is 23.1. The average molecular weight is 788 g/mol. The molecule has 9 heteroatoms. The molecule has 1 amide bonds. The molecule has 0 aromatic rings. The van der Waals surface area contributed by atoms with Crippen LogP contribution in [0.25, 0.3) is 0 Å². The molecule has 0 aliphatic heterocycles. The zero-order chi connectivity index (χ0) is 40.0. The van der Waals surface area contributed by atoms with E-state index in [2.05, 4.69) is 19.2 Å². The van der Waals surface area contributed by atoms with Crippen molar-refractivity contribution >= 4 is 13.7 Å². The normalized spacial score (nSPS) is 14.4. The van der Waals surface area contributed by atoms with Gasteiger partial charge in [0.25, 0.3) is 0 Å². The van der Waals surface area contributed by atoms with Crippen molar-refractivity contribution in [2.24, 2.45) is 0 Å². The Morgan fingerprint density at radius 3 is 1.37 bits per heavy atom. The third-order valence-electron chi connectivity index (χ3n) is 10.5. The molecule has 322 valence electrons. The lowest BCUT2D eigenvalue weighted by atomic mass is 10.0. The number of quaternary nitrogens is 1. The molecule has 0 saturated carbocycles. The third-order valence-corrected chi connectivity index (χ3v) is 11.5. The fraction of sp³-hybridized carbons (Fsp3) is 0.933. The molecule has 54 heavy (non-hydrogen) atoms. The zero-order valence-corrected chi connectivity index (χ0v) is 37.4. The minimum Gasteiger partial charge on any atom is -0.387 e. The first-order valence-corrected chi connectivity index (χ1v) is 24.6. The molecule has 1 unspecified atom stereocenters. The Morgan fingerprint density at radius 1 is 0.611 bits per heavy atom. The van der Waals surface area contributed by atoms with E-state index in [4.69, 9.17) is 9.05 Å². The van der Waals surface area contributed by atoms with E-state index in [0.717, 1.165) is 38.5 Å². The highest BCUT2D eigenvalue weighted by atomic mass is 31.2. The van der Waals surface area contributed by atoms with Gasteiger partial charge in [-0.1, -0.05) is 206 Å². The van der Waals surface area contributed by atoms with E-state index >= 15 is 0 Å². The predicted molar refractivity (Wildman–Crippen MR) is 231 cm³/mol. The Kier molecular flexibility index (Phi) is 37.3. The van der Waals surface area contributed by atoms with Gasteiger partial charge in [0.2, 0.25) is 5.91 Å². The van der Waals surface area contributed by atoms with Crippen LogP contribution in [-0.2, 0) is 18.4 Å². The van der Waals surface area contributed by atoms with Crippen LogP contribution in [0.3, 0.4) is 0 Å². The van der Waals surface area contributed by atoms with Crippen LogP contribution >= 0.6 is 7.82 Å². The smallest absolute Gasteiger partial charge is 0.387 e. The van der Waals surface area contributed by atoms with E-state index < -0.39 is 20.0 Å². The molecule has 0 aliphatic carbocycles. The molecular weight excluding hydrogens is 695 g/mol. The number of nitrogens with one attached hydrogen (secondary N) is 1. The fourth-order valence-corrected chi connectivity index (χ4v) is 7.54. The van der Waals surface area contributed by atoms with E-state index in [9.17, 15) is 19.4 Å². The molecule has 0 spiro atoms. The first kappa shape index (κ1) is 53.2. The summed E-state index contributed by atoms with van der Waals surface area (Å²) in [7, 11) is 1.58. The summed E-state index contributed by atoms with van der Waals surface area (Å²) in [6.45, 7) is 4.83. The molecule has 0 bridgehead atoms. The van der Waals surface area contributed by atoms with Crippen LogP contribution in [-0.4, -0.2) is 73.4 Å². The number of likely N-dealkylation sites (N-methyl/N-ethyl adjacent to an activating group) is 1. The number of carbonyl (C=O) groups excluding carboxylic acids is 1. The summed E-state index contributed by atoms with van der Waals surface area (Å²) in [6, 6.07) is -0.839. The number of aliphatic hydroxyl groups excluding tert-OH is 1. The van der Waals surface area contributed by atoms with Crippen LogP contribution in [0.1, 0.15) is 219 Å². The summed E-state index contributed by atoms with van der Waals surface area (Å²) in [5.74, 6) is -0.174. The lowest BCUT2D eigenvalue weighted by molar-refractivity contribution is -0.870. The monoisotopic (exact) mass is 788 g/mol. The van der Waals surface area contributed by atoms with Gasteiger partial charge in [-0.25, -0.2) is 4.57 Å². The summed E-state index contributed by atoms with van der Waals surface area (Å²) < 4.78 is 23.6. The van der Waals surface area contributed by atoms with E-state index in [1.165, 1.54) is 161 Å². The summed E-state index contributed by atoms with van der Waals surface area (Å²) in [4.78, 5) is 23.1. The SMILES string of the molecule is CCCCCCCCCCCCCC/C=C/[C@@H](O)[C@H](COP(=O)(O)OCC[N+](C)(C)C)NC(=O)CCCCCCCCCCCCCCCCCCCC. The Balaban J connectivity index is 4.35. The number of hydrogen-bond acceptors (Lipinski definition) is 5. The van der Waals surface area contributed by atoms with Gasteiger partial charge in [0, 0.05) is 6.42 Å². The number of nitrogens with zero attached hydrogens (tertiary/aromatic N) is 1. The molecule has 0 aromatic carbocycles. The van der Waals surface area contributed by atoms with Crippen molar-refractivity contribution in [3.63, 3.8) is 0 Å². The second kappa shape index (κ2) is 37.8. The van der Waals surface area contributed by atoms with E-state index in [1.54, 1.807) is 6.08 Å². The molecule has 0 fully saturated rings. The lowest BCUT2D eigenvalue weighted by Gasteiger charge is -2.25. The predicted octanol–water partition coefficient (Wildman–Crippen LogP) is 12.8. The second-order valence-corrected chi connectivity index (χ2v) is 18.6. The van der Waals surface area contributed by atoms with Gasteiger partial charge in [-0.15, -0.1) is 0 Å². The van der Waals surface area contributed by atoms with Crippen LogP contribution in [0.5, 0.6) is 0 Å². The maximum absolute atomic E-state index is 12.9. The molecular formula is C45H92N2O6P+. The van der Waals surface area contributed by atoms with Gasteiger partial charge in [-0.05, 0) is 19.3 Å². The van der Waals surface area contributed by atoms with Crippen molar-refractivity contribution in [2.45, 2.75) is 231 Å². The van der Waals surface area contributed by atoms with Crippen molar-refractivity contribution < 1.29 is 32.9 Å². The Hall–Kier alpha value is -0.760. The van der Waals surface area contributed by atoms with E-state index in [0.29, 0.717) is 17.4 Å².